The molecule has 0 saturated heterocycles. The summed E-state index contributed by atoms with van der Waals surface area (Å²) in [4.78, 5) is 11.9. The van der Waals surface area contributed by atoms with E-state index in [9.17, 15) is 14.3 Å². The zero-order valence-corrected chi connectivity index (χ0v) is 18.6. The standard InChI is InChI=1S/C27H31FO3/c1-27(2,3)31-25(30)17-14-19-10-11-22(18-24(19)28)26(20-8-6-4-5-7-9-20)21-12-15-23(29)16-13-21/h10-18,29H,4-9H2,1-3H3/b17-14+. The lowest BCUT2D eigenvalue weighted by Crippen LogP contribution is -2.22. The molecule has 2 aromatic rings. The molecule has 1 aliphatic rings. The van der Waals surface area contributed by atoms with E-state index in [-0.39, 0.29) is 11.6 Å². The van der Waals surface area contributed by atoms with Gasteiger partial charge in [-0.3, -0.25) is 0 Å². The Morgan fingerprint density at radius 2 is 1.58 bits per heavy atom. The van der Waals surface area contributed by atoms with E-state index in [0.717, 1.165) is 42.4 Å². The Balaban J connectivity index is 1.95. The van der Waals surface area contributed by atoms with Gasteiger partial charge in [-0.15, -0.1) is 0 Å². The Hall–Kier alpha value is -2.88. The van der Waals surface area contributed by atoms with Crippen LogP contribution in [0.5, 0.6) is 5.75 Å². The number of phenols is 1. The van der Waals surface area contributed by atoms with Gasteiger partial charge in [0, 0.05) is 11.6 Å². The number of benzene rings is 2. The quantitative estimate of drug-likeness (QED) is 0.326. The van der Waals surface area contributed by atoms with Crippen LogP contribution in [-0.4, -0.2) is 16.7 Å². The van der Waals surface area contributed by atoms with Crippen molar-refractivity contribution in [3.63, 3.8) is 0 Å². The first-order valence-corrected chi connectivity index (χ1v) is 11.0. The van der Waals surface area contributed by atoms with Gasteiger partial charge >= 0.3 is 5.97 Å². The monoisotopic (exact) mass is 422 g/mol. The molecule has 3 rings (SSSR count). The molecule has 0 unspecified atom stereocenters. The van der Waals surface area contributed by atoms with Crippen molar-refractivity contribution < 1.29 is 19.0 Å². The molecule has 0 atom stereocenters. The van der Waals surface area contributed by atoms with E-state index in [1.165, 1.54) is 36.6 Å². The van der Waals surface area contributed by atoms with Gasteiger partial charge in [0.1, 0.15) is 17.2 Å². The third-order valence-electron chi connectivity index (χ3n) is 5.31. The average molecular weight is 423 g/mol. The number of esters is 1. The number of hydrogen-bond acceptors (Lipinski definition) is 3. The molecule has 0 aromatic heterocycles. The largest absolute Gasteiger partial charge is 0.508 e. The third kappa shape index (κ3) is 6.55. The number of rotatable bonds is 4. The van der Waals surface area contributed by atoms with Crippen molar-refractivity contribution in [2.45, 2.75) is 64.9 Å². The zero-order chi connectivity index (χ0) is 22.4. The normalized spacial score (nSPS) is 15.0. The minimum Gasteiger partial charge on any atom is -0.508 e. The molecule has 2 aromatic carbocycles. The second-order valence-electron chi connectivity index (χ2n) is 9.04. The van der Waals surface area contributed by atoms with Gasteiger partial charge in [0.25, 0.3) is 0 Å². The molecule has 1 N–H and O–H groups in total. The molecule has 0 bridgehead atoms. The number of phenolic OH excluding ortho intramolecular Hbond substituents is 1. The van der Waals surface area contributed by atoms with Crippen molar-refractivity contribution in [3.8, 4) is 5.75 Å². The second-order valence-corrected chi connectivity index (χ2v) is 9.04. The van der Waals surface area contributed by atoms with Crippen molar-refractivity contribution in [1.82, 2.24) is 0 Å². The fourth-order valence-corrected chi connectivity index (χ4v) is 3.92. The Kier molecular flexibility index (Phi) is 7.32. The summed E-state index contributed by atoms with van der Waals surface area (Å²) in [6, 6.07) is 12.2. The molecule has 0 heterocycles. The number of halogens is 1. The molecule has 3 nitrogen and oxygen atoms in total. The van der Waals surface area contributed by atoms with Gasteiger partial charge in [0.05, 0.1) is 0 Å². The predicted molar refractivity (Wildman–Crippen MR) is 123 cm³/mol. The molecule has 1 saturated carbocycles. The lowest BCUT2D eigenvalue weighted by molar-refractivity contribution is -0.148. The summed E-state index contributed by atoms with van der Waals surface area (Å²) in [7, 11) is 0. The molecule has 31 heavy (non-hydrogen) atoms. The van der Waals surface area contributed by atoms with Crippen molar-refractivity contribution >= 4 is 17.6 Å². The van der Waals surface area contributed by atoms with Crippen molar-refractivity contribution in [3.05, 3.63) is 76.6 Å². The molecule has 0 spiro atoms. The lowest BCUT2D eigenvalue weighted by Gasteiger charge is -2.18. The molecule has 1 fully saturated rings. The van der Waals surface area contributed by atoms with Crippen LogP contribution in [0.25, 0.3) is 11.6 Å². The van der Waals surface area contributed by atoms with Gasteiger partial charge in [-0.05, 0) is 87.4 Å². The van der Waals surface area contributed by atoms with Crippen LogP contribution >= 0.6 is 0 Å². The van der Waals surface area contributed by atoms with Gasteiger partial charge < -0.3 is 9.84 Å². The summed E-state index contributed by atoms with van der Waals surface area (Å²) in [5, 5.41) is 9.70. The lowest BCUT2D eigenvalue weighted by atomic mass is 9.89. The average Bonchev–Trinajstić information content (AvgIpc) is 2.97. The van der Waals surface area contributed by atoms with Crippen LogP contribution in [0.3, 0.4) is 0 Å². The fourth-order valence-electron chi connectivity index (χ4n) is 3.92. The van der Waals surface area contributed by atoms with Crippen molar-refractivity contribution in [2.75, 3.05) is 0 Å². The summed E-state index contributed by atoms with van der Waals surface area (Å²) >= 11 is 0. The molecular weight excluding hydrogens is 391 g/mol. The number of ether oxygens (including phenoxy) is 1. The van der Waals surface area contributed by atoms with Crippen LogP contribution in [-0.2, 0) is 9.53 Å². The summed E-state index contributed by atoms with van der Waals surface area (Å²) in [6.45, 7) is 5.37. The van der Waals surface area contributed by atoms with E-state index < -0.39 is 11.6 Å². The van der Waals surface area contributed by atoms with E-state index in [1.54, 1.807) is 39.0 Å². The zero-order valence-electron chi connectivity index (χ0n) is 18.6. The van der Waals surface area contributed by atoms with Crippen LogP contribution in [0.1, 0.15) is 76.0 Å². The highest BCUT2D eigenvalue weighted by molar-refractivity contribution is 5.88. The highest BCUT2D eigenvalue weighted by Gasteiger charge is 2.17. The minimum atomic E-state index is -0.590. The number of carbonyl (C=O) groups is 1. The molecule has 1 aliphatic carbocycles. The smallest absolute Gasteiger partial charge is 0.331 e. The van der Waals surface area contributed by atoms with E-state index in [1.807, 2.05) is 18.2 Å². The maximum atomic E-state index is 15.0. The van der Waals surface area contributed by atoms with Crippen LogP contribution in [0, 0.1) is 5.82 Å². The number of allylic oxidation sites excluding steroid dienone is 1. The maximum Gasteiger partial charge on any atom is 0.331 e. The molecule has 0 amide bonds. The van der Waals surface area contributed by atoms with Gasteiger partial charge in [0.2, 0.25) is 0 Å². The van der Waals surface area contributed by atoms with E-state index in [0.29, 0.717) is 5.56 Å². The first kappa shape index (κ1) is 22.8. The fraction of sp³-hybridized carbons (Fsp3) is 0.370. The highest BCUT2D eigenvalue weighted by atomic mass is 19.1. The summed E-state index contributed by atoms with van der Waals surface area (Å²) in [5.41, 5.74) is 3.92. The summed E-state index contributed by atoms with van der Waals surface area (Å²) in [6.07, 6.45) is 9.41. The maximum absolute atomic E-state index is 15.0. The first-order valence-electron chi connectivity index (χ1n) is 11.0. The van der Waals surface area contributed by atoms with E-state index >= 15 is 0 Å². The minimum absolute atomic E-state index is 0.211. The van der Waals surface area contributed by atoms with Crippen molar-refractivity contribution in [1.29, 1.82) is 0 Å². The molecule has 164 valence electrons. The number of carbonyl (C=O) groups excluding carboxylic acids is 1. The van der Waals surface area contributed by atoms with E-state index in [2.05, 4.69) is 0 Å². The van der Waals surface area contributed by atoms with Crippen LogP contribution in [0.15, 0.2) is 54.1 Å². The second kappa shape index (κ2) is 9.95. The SMILES string of the molecule is CC(C)(C)OC(=O)/C=C/c1ccc(C(=C2CCCCCC2)c2ccc(O)cc2)cc1F. The summed E-state index contributed by atoms with van der Waals surface area (Å²) < 4.78 is 20.2. The number of aromatic hydroxyl groups is 1. The molecular formula is C27H31FO3. The van der Waals surface area contributed by atoms with Crippen LogP contribution in [0.4, 0.5) is 4.39 Å². The Labute approximate surface area is 184 Å². The summed E-state index contributed by atoms with van der Waals surface area (Å²) in [5.74, 6) is -0.674. The molecule has 4 heteroatoms. The Morgan fingerprint density at radius 3 is 2.16 bits per heavy atom. The van der Waals surface area contributed by atoms with E-state index in [4.69, 9.17) is 4.74 Å². The Bertz CT molecular complexity index is 969. The topological polar surface area (TPSA) is 46.5 Å². The molecule has 0 aliphatic heterocycles. The number of hydrogen-bond donors (Lipinski definition) is 1. The highest BCUT2D eigenvalue weighted by Crippen LogP contribution is 2.35. The third-order valence-corrected chi connectivity index (χ3v) is 5.31. The molecule has 0 radical (unpaired) electrons. The van der Waals surface area contributed by atoms with Crippen LogP contribution < -0.4 is 0 Å². The van der Waals surface area contributed by atoms with Crippen LogP contribution in [0.2, 0.25) is 0 Å². The predicted octanol–water partition coefficient (Wildman–Crippen LogP) is 7.04. The first-order chi connectivity index (χ1) is 14.7. The van der Waals surface area contributed by atoms with Gasteiger partial charge in [-0.25, -0.2) is 9.18 Å². The van der Waals surface area contributed by atoms with Gasteiger partial charge in [-0.2, -0.15) is 0 Å². The van der Waals surface area contributed by atoms with Crippen molar-refractivity contribution in [2.24, 2.45) is 0 Å². The van der Waals surface area contributed by atoms with Gasteiger partial charge in [-0.1, -0.05) is 42.7 Å². The van der Waals surface area contributed by atoms with Gasteiger partial charge in [0.15, 0.2) is 0 Å². The Morgan fingerprint density at radius 1 is 0.968 bits per heavy atom.